The van der Waals surface area contributed by atoms with Gasteiger partial charge in [0.25, 0.3) is 0 Å². The molecular weight excluding hydrogens is 206 g/mol. The molecule has 1 heterocycles. The number of para-hydroxylation sites is 1. The number of aromatic nitrogens is 1. The molecule has 0 fully saturated rings. The van der Waals surface area contributed by atoms with Crippen molar-refractivity contribution in [3.05, 3.63) is 28.8 Å². The van der Waals surface area contributed by atoms with E-state index in [9.17, 15) is 4.79 Å². The zero-order valence-corrected chi connectivity index (χ0v) is 9.89. The molecule has 78 valence electrons. The third-order valence-corrected chi connectivity index (χ3v) is 3.29. The zero-order chi connectivity index (χ0) is 11.1. The van der Waals surface area contributed by atoms with E-state index < -0.39 is 0 Å². The van der Waals surface area contributed by atoms with Gasteiger partial charge >= 0.3 is 0 Å². The van der Waals surface area contributed by atoms with Crippen molar-refractivity contribution >= 4 is 27.8 Å². The van der Waals surface area contributed by atoms with Crippen molar-refractivity contribution in [2.45, 2.75) is 26.2 Å². The summed E-state index contributed by atoms with van der Waals surface area (Å²) in [7, 11) is 0. The lowest BCUT2D eigenvalue weighted by molar-refractivity contribution is 0.112. The molecule has 0 atom stereocenters. The number of benzene rings is 1. The monoisotopic (exact) mass is 219 g/mol. The second kappa shape index (κ2) is 3.42. The summed E-state index contributed by atoms with van der Waals surface area (Å²) in [4.78, 5) is 15.0. The number of carbonyl (C=O) groups excluding carboxylic acids is 1. The minimum Gasteiger partial charge on any atom is -0.295 e. The maximum Gasteiger partial charge on any atom is 0.178 e. The van der Waals surface area contributed by atoms with Gasteiger partial charge in [0.2, 0.25) is 0 Å². The van der Waals surface area contributed by atoms with Crippen LogP contribution in [0.1, 0.15) is 36.1 Å². The van der Waals surface area contributed by atoms with Gasteiger partial charge < -0.3 is 0 Å². The first-order valence-electron chi connectivity index (χ1n) is 4.87. The Hall–Kier alpha value is -1.22. The van der Waals surface area contributed by atoms with Crippen LogP contribution in [0.3, 0.4) is 0 Å². The Morgan fingerprint density at radius 3 is 2.67 bits per heavy atom. The van der Waals surface area contributed by atoms with Crippen LogP contribution in [-0.4, -0.2) is 11.3 Å². The first-order chi connectivity index (χ1) is 7.02. The number of fused-ring (bicyclic) bond motifs is 1. The Morgan fingerprint density at radius 2 is 2.07 bits per heavy atom. The van der Waals surface area contributed by atoms with E-state index in [1.165, 1.54) is 16.9 Å². The first kappa shape index (κ1) is 10.3. The van der Waals surface area contributed by atoms with E-state index in [2.05, 4.69) is 31.8 Å². The van der Waals surface area contributed by atoms with Gasteiger partial charge in [-0.3, -0.25) is 4.79 Å². The van der Waals surface area contributed by atoms with Crippen molar-refractivity contribution < 1.29 is 4.79 Å². The van der Waals surface area contributed by atoms with Crippen molar-refractivity contribution in [3.8, 4) is 0 Å². The molecule has 1 aromatic heterocycles. The quantitative estimate of drug-likeness (QED) is 0.688. The average Bonchev–Trinajstić information content (AvgIpc) is 2.57. The third-order valence-electron chi connectivity index (χ3n) is 2.34. The van der Waals surface area contributed by atoms with Gasteiger partial charge in [-0.15, -0.1) is 11.3 Å². The van der Waals surface area contributed by atoms with Gasteiger partial charge in [-0.2, -0.15) is 0 Å². The molecule has 2 rings (SSSR count). The molecule has 0 aliphatic heterocycles. The second-order valence-electron chi connectivity index (χ2n) is 4.57. The summed E-state index contributed by atoms with van der Waals surface area (Å²) in [5.41, 5.74) is 2.23. The molecule has 0 spiro atoms. The SMILES string of the molecule is CC(C)(C)c1cccc2sc(C=O)nc12. The molecule has 2 aromatic rings. The fraction of sp³-hybridized carbons (Fsp3) is 0.333. The lowest BCUT2D eigenvalue weighted by atomic mass is 9.86. The van der Waals surface area contributed by atoms with Crippen LogP contribution in [0, 0.1) is 0 Å². The van der Waals surface area contributed by atoms with Crippen LogP contribution in [0.5, 0.6) is 0 Å². The Balaban J connectivity index is 2.75. The van der Waals surface area contributed by atoms with Crippen molar-refractivity contribution in [1.82, 2.24) is 4.98 Å². The van der Waals surface area contributed by atoms with E-state index >= 15 is 0 Å². The number of hydrogen-bond donors (Lipinski definition) is 0. The molecule has 0 saturated heterocycles. The molecule has 15 heavy (non-hydrogen) atoms. The number of rotatable bonds is 1. The highest BCUT2D eigenvalue weighted by Crippen LogP contribution is 2.31. The molecule has 3 heteroatoms. The number of nitrogens with zero attached hydrogens (tertiary/aromatic N) is 1. The minimum atomic E-state index is 0.0632. The standard InChI is InChI=1S/C12H13NOS/c1-12(2,3)8-5-4-6-9-11(8)13-10(7-14)15-9/h4-7H,1-3H3. The highest BCUT2D eigenvalue weighted by atomic mass is 32.1. The second-order valence-corrected chi connectivity index (χ2v) is 5.63. The Morgan fingerprint density at radius 1 is 1.33 bits per heavy atom. The van der Waals surface area contributed by atoms with Crippen LogP contribution >= 0.6 is 11.3 Å². The third kappa shape index (κ3) is 1.79. The number of carbonyl (C=O) groups is 1. The summed E-state index contributed by atoms with van der Waals surface area (Å²) in [5, 5.41) is 0.557. The molecule has 0 saturated carbocycles. The van der Waals surface area contributed by atoms with Crippen LogP contribution in [0.2, 0.25) is 0 Å². The average molecular weight is 219 g/mol. The number of thiazole rings is 1. The minimum absolute atomic E-state index is 0.0632. The first-order valence-corrected chi connectivity index (χ1v) is 5.69. The predicted molar refractivity (Wildman–Crippen MR) is 63.7 cm³/mol. The van der Waals surface area contributed by atoms with Gasteiger partial charge in [0.1, 0.15) is 0 Å². The lowest BCUT2D eigenvalue weighted by Crippen LogP contribution is -2.11. The summed E-state index contributed by atoms with van der Waals surface area (Å²) < 4.78 is 1.09. The van der Waals surface area contributed by atoms with Crippen LogP contribution in [0.25, 0.3) is 10.2 Å². The molecule has 0 N–H and O–H groups in total. The molecule has 2 nitrogen and oxygen atoms in total. The Labute approximate surface area is 93.0 Å². The zero-order valence-electron chi connectivity index (χ0n) is 9.07. The molecule has 0 bridgehead atoms. The van der Waals surface area contributed by atoms with Crippen LogP contribution < -0.4 is 0 Å². The number of hydrogen-bond acceptors (Lipinski definition) is 3. The van der Waals surface area contributed by atoms with Gasteiger partial charge in [0, 0.05) is 0 Å². The smallest absolute Gasteiger partial charge is 0.178 e. The van der Waals surface area contributed by atoms with E-state index in [4.69, 9.17) is 0 Å². The molecule has 1 aromatic carbocycles. The van der Waals surface area contributed by atoms with Crippen molar-refractivity contribution in [2.24, 2.45) is 0 Å². The topological polar surface area (TPSA) is 30.0 Å². The molecule has 0 amide bonds. The number of aldehydes is 1. The summed E-state index contributed by atoms with van der Waals surface area (Å²) in [5.74, 6) is 0. The molecule has 0 aliphatic rings. The predicted octanol–water partition coefficient (Wildman–Crippen LogP) is 3.41. The van der Waals surface area contributed by atoms with Crippen LogP contribution in [0.4, 0.5) is 0 Å². The van der Waals surface area contributed by atoms with Gasteiger partial charge in [-0.25, -0.2) is 4.98 Å². The maximum atomic E-state index is 10.7. The molecule has 0 aliphatic carbocycles. The largest absolute Gasteiger partial charge is 0.295 e. The van der Waals surface area contributed by atoms with E-state index in [1.807, 2.05) is 12.1 Å². The van der Waals surface area contributed by atoms with E-state index in [0.29, 0.717) is 5.01 Å². The molecule has 0 radical (unpaired) electrons. The van der Waals surface area contributed by atoms with Gasteiger partial charge in [-0.05, 0) is 17.0 Å². The Bertz CT molecular complexity index is 508. The fourth-order valence-electron chi connectivity index (χ4n) is 1.62. The van der Waals surface area contributed by atoms with Crippen molar-refractivity contribution in [1.29, 1.82) is 0 Å². The van der Waals surface area contributed by atoms with Crippen LogP contribution in [-0.2, 0) is 5.41 Å². The van der Waals surface area contributed by atoms with Crippen LogP contribution in [0.15, 0.2) is 18.2 Å². The lowest BCUT2D eigenvalue weighted by Gasteiger charge is -2.19. The van der Waals surface area contributed by atoms with Crippen molar-refractivity contribution in [3.63, 3.8) is 0 Å². The summed E-state index contributed by atoms with van der Waals surface area (Å²) >= 11 is 1.45. The van der Waals surface area contributed by atoms with Gasteiger partial charge in [0.15, 0.2) is 11.3 Å². The summed E-state index contributed by atoms with van der Waals surface area (Å²) in [6, 6.07) is 6.11. The fourth-order valence-corrected chi connectivity index (χ4v) is 2.43. The summed E-state index contributed by atoms with van der Waals surface area (Å²) in [6.45, 7) is 6.46. The highest BCUT2D eigenvalue weighted by molar-refractivity contribution is 7.20. The molecule has 0 unspecified atom stereocenters. The normalized spacial score (nSPS) is 11.9. The van der Waals surface area contributed by atoms with E-state index in [-0.39, 0.29) is 5.41 Å². The highest BCUT2D eigenvalue weighted by Gasteiger charge is 2.18. The van der Waals surface area contributed by atoms with E-state index in [0.717, 1.165) is 16.5 Å². The van der Waals surface area contributed by atoms with E-state index in [1.54, 1.807) is 0 Å². The Kier molecular flexibility index (Phi) is 2.35. The maximum absolute atomic E-state index is 10.7. The van der Waals surface area contributed by atoms with Crippen molar-refractivity contribution in [2.75, 3.05) is 0 Å². The summed E-state index contributed by atoms with van der Waals surface area (Å²) in [6.07, 6.45) is 0.817. The molecular formula is C12H13NOS. The van der Waals surface area contributed by atoms with Gasteiger partial charge in [0.05, 0.1) is 10.2 Å². The van der Waals surface area contributed by atoms with Gasteiger partial charge in [-0.1, -0.05) is 32.9 Å².